The first kappa shape index (κ1) is 15.3. The van der Waals surface area contributed by atoms with Gasteiger partial charge in [-0.3, -0.25) is 4.99 Å². The Bertz CT molecular complexity index is 566. The fourth-order valence-corrected chi connectivity index (χ4v) is 2.14. The summed E-state index contributed by atoms with van der Waals surface area (Å²) in [5, 5.41) is 0. The number of anilines is 1. The van der Waals surface area contributed by atoms with Gasteiger partial charge in [-0.1, -0.05) is 37.6 Å². The first-order valence-electron chi connectivity index (χ1n) is 7.59. The molecule has 0 aliphatic rings. The van der Waals surface area contributed by atoms with Gasteiger partial charge in [0.2, 0.25) is 0 Å². The number of benzene rings is 2. The largest absolute Gasteiger partial charge is 0.378 e. The van der Waals surface area contributed by atoms with Gasteiger partial charge in [0.25, 0.3) is 0 Å². The molecule has 0 atom stereocenters. The number of unbranched alkanes of at least 4 members (excludes halogenated alkanes) is 1. The molecule has 2 aromatic carbocycles. The van der Waals surface area contributed by atoms with Crippen LogP contribution in [-0.2, 0) is 6.42 Å². The predicted octanol–water partition coefficient (Wildman–Crippen LogP) is 4.85. The molecule has 0 amide bonds. The Morgan fingerprint density at radius 3 is 2.19 bits per heavy atom. The Morgan fingerprint density at radius 1 is 0.952 bits per heavy atom. The van der Waals surface area contributed by atoms with E-state index in [4.69, 9.17) is 0 Å². The van der Waals surface area contributed by atoms with Gasteiger partial charge in [0.05, 0.1) is 5.69 Å². The molecule has 0 N–H and O–H groups in total. The summed E-state index contributed by atoms with van der Waals surface area (Å²) in [5.74, 6) is 0. The van der Waals surface area contributed by atoms with Crippen molar-refractivity contribution in [3.63, 3.8) is 0 Å². The molecule has 0 aliphatic carbocycles. The van der Waals surface area contributed by atoms with Gasteiger partial charge in [0, 0.05) is 26.0 Å². The SMILES string of the molecule is CCCCc1ccc(N=Cc2ccc(N(C)C)cc2)cc1. The zero-order valence-electron chi connectivity index (χ0n) is 13.2. The van der Waals surface area contributed by atoms with Crippen LogP contribution >= 0.6 is 0 Å². The highest BCUT2D eigenvalue weighted by atomic mass is 15.1. The molecule has 0 aromatic heterocycles. The molecule has 0 unspecified atom stereocenters. The van der Waals surface area contributed by atoms with Crippen LogP contribution in [0.1, 0.15) is 30.9 Å². The van der Waals surface area contributed by atoms with E-state index < -0.39 is 0 Å². The lowest BCUT2D eigenvalue weighted by Crippen LogP contribution is -2.08. The van der Waals surface area contributed by atoms with Crippen molar-refractivity contribution in [3.8, 4) is 0 Å². The van der Waals surface area contributed by atoms with E-state index in [9.17, 15) is 0 Å². The maximum Gasteiger partial charge on any atom is 0.0630 e. The fourth-order valence-electron chi connectivity index (χ4n) is 2.14. The van der Waals surface area contributed by atoms with Crippen molar-refractivity contribution in [1.82, 2.24) is 0 Å². The Morgan fingerprint density at radius 2 is 1.62 bits per heavy atom. The second-order valence-electron chi connectivity index (χ2n) is 5.51. The van der Waals surface area contributed by atoms with Crippen LogP contribution in [-0.4, -0.2) is 20.3 Å². The van der Waals surface area contributed by atoms with Crippen molar-refractivity contribution < 1.29 is 0 Å². The molecule has 0 spiro atoms. The topological polar surface area (TPSA) is 15.6 Å². The second kappa shape index (κ2) is 7.63. The molecule has 2 aromatic rings. The van der Waals surface area contributed by atoms with Gasteiger partial charge >= 0.3 is 0 Å². The van der Waals surface area contributed by atoms with Crippen LogP contribution in [0.25, 0.3) is 0 Å². The minimum absolute atomic E-state index is 1.01. The zero-order valence-corrected chi connectivity index (χ0v) is 13.2. The van der Waals surface area contributed by atoms with E-state index in [1.165, 1.54) is 24.1 Å². The Balaban J connectivity index is 2.00. The van der Waals surface area contributed by atoms with Gasteiger partial charge in [-0.25, -0.2) is 0 Å². The lowest BCUT2D eigenvalue weighted by Gasteiger charge is -2.11. The molecule has 0 radical (unpaired) electrons. The highest BCUT2D eigenvalue weighted by molar-refractivity contribution is 5.82. The molecular formula is C19H24N2. The van der Waals surface area contributed by atoms with Crippen molar-refractivity contribution in [2.45, 2.75) is 26.2 Å². The van der Waals surface area contributed by atoms with E-state index in [1.807, 2.05) is 20.3 Å². The van der Waals surface area contributed by atoms with E-state index in [0.717, 1.165) is 17.7 Å². The molecule has 0 saturated heterocycles. The molecular weight excluding hydrogens is 256 g/mol. The summed E-state index contributed by atoms with van der Waals surface area (Å²) in [4.78, 5) is 6.63. The normalized spacial score (nSPS) is 11.0. The van der Waals surface area contributed by atoms with Crippen LogP contribution in [0.3, 0.4) is 0 Å². The van der Waals surface area contributed by atoms with Crippen molar-refractivity contribution in [1.29, 1.82) is 0 Å². The minimum atomic E-state index is 1.01. The van der Waals surface area contributed by atoms with Crippen LogP contribution in [0.2, 0.25) is 0 Å². The molecule has 2 nitrogen and oxygen atoms in total. The summed E-state index contributed by atoms with van der Waals surface area (Å²) >= 11 is 0. The predicted molar refractivity (Wildman–Crippen MR) is 93.1 cm³/mol. The fraction of sp³-hybridized carbons (Fsp3) is 0.316. The van der Waals surface area contributed by atoms with Crippen LogP contribution in [0, 0.1) is 0 Å². The van der Waals surface area contributed by atoms with E-state index in [2.05, 4.69) is 65.3 Å². The summed E-state index contributed by atoms with van der Waals surface area (Å²) in [6.45, 7) is 2.22. The number of rotatable bonds is 6. The average molecular weight is 280 g/mol. The Hall–Kier alpha value is -2.09. The highest BCUT2D eigenvalue weighted by Gasteiger charge is 1.95. The molecule has 110 valence electrons. The van der Waals surface area contributed by atoms with Crippen molar-refractivity contribution in [3.05, 3.63) is 59.7 Å². The van der Waals surface area contributed by atoms with Crippen LogP contribution in [0.4, 0.5) is 11.4 Å². The van der Waals surface area contributed by atoms with Gasteiger partial charge in [-0.15, -0.1) is 0 Å². The van der Waals surface area contributed by atoms with E-state index in [-0.39, 0.29) is 0 Å². The zero-order chi connectivity index (χ0) is 15.1. The molecule has 0 fully saturated rings. The lowest BCUT2D eigenvalue weighted by molar-refractivity contribution is 0.795. The molecule has 2 rings (SSSR count). The molecule has 2 heteroatoms. The molecule has 21 heavy (non-hydrogen) atoms. The Kier molecular flexibility index (Phi) is 5.56. The second-order valence-corrected chi connectivity index (χ2v) is 5.51. The summed E-state index contributed by atoms with van der Waals surface area (Å²) in [6.07, 6.45) is 5.57. The van der Waals surface area contributed by atoms with Crippen LogP contribution in [0.5, 0.6) is 0 Å². The number of aliphatic imine (C=N–C) groups is 1. The third kappa shape index (κ3) is 4.75. The van der Waals surface area contributed by atoms with E-state index in [1.54, 1.807) is 0 Å². The Labute approximate surface area is 128 Å². The first-order valence-corrected chi connectivity index (χ1v) is 7.59. The number of aryl methyl sites for hydroxylation is 1. The number of hydrogen-bond donors (Lipinski definition) is 0. The molecule has 0 saturated carbocycles. The average Bonchev–Trinajstić information content (AvgIpc) is 2.52. The van der Waals surface area contributed by atoms with Gasteiger partial charge in [0.15, 0.2) is 0 Å². The van der Waals surface area contributed by atoms with Gasteiger partial charge in [-0.05, 0) is 48.2 Å². The van der Waals surface area contributed by atoms with Crippen molar-refractivity contribution in [2.75, 3.05) is 19.0 Å². The van der Waals surface area contributed by atoms with Crippen LogP contribution in [0.15, 0.2) is 53.5 Å². The smallest absolute Gasteiger partial charge is 0.0630 e. The maximum absolute atomic E-state index is 4.53. The third-order valence-electron chi connectivity index (χ3n) is 3.53. The van der Waals surface area contributed by atoms with Gasteiger partial charge in [0.1, 0.15) is 0 Å². The summed E-state index contributed by atoms with van der Waals surface area (Å²) in [7, 11) is 4.09. The summed E-state index contributed by atoms with van der Waals surface area (Å²) < 4.78 is 0. The monoisotopic (exact) mass is 280 g/mol. The minimum Gasteiger partial charge on any atom is -0.378 e. The van der Waals surface area contributed by atoms with Gasteiger partial charge in [-0.2, -0.15) is 0 Å². The van der Waals surface area contributed by atoms with Crippen LogP contribution < -0.4 is 4.90 Å². The maximum atomic E-state index is 4.53. The summed E-state index contributed by atoms with van der Waals surface area (Å²) in [6, 6.07) is 16.9. The highest BCUT2D eigenvalue weighted by Crippen LogP contribution is 2.16. The quantitative estimate of drug-likeness (QED) is 0.691. The number of nitrogens with zero attached hydrogens (tertiary/aromatic N) is 2. The molecule has 0 aliphatic heterocycles. The molecule has 0 heterocycles. The van der Waals surface area contributed by atoms with Crippen molar-refractivity contribution in [2.24, 2.45) is 4.99 Å². The molecule has 0 bridgehead atoms. The van der Waals surface area contributed by atoms with Gasteiger partial charge < -0.3 is 4.90 Å². The van der Waals surface area contributed by atoms with Crippen molar-refractivity contribution >= 4 is 17.6 Å². The standard InChI is InChI=1S/C19H24N2/c1-4-5-6-16-7-11-18(12-8-16)20-15-17-9-13-19(14-10-17)21(2)3/h7-15H,4-6H2,1-3H3. The van der Waals surface area contributed by atoms with E-state index in [0.29, 0.717) is 0 Å². The van der Waals surface area contributed by atoms with E-state index >= 15 is 0 Å². The summed E-state index contributed by atoms with van der Waals surface area (Å²) in [5.41, 5.74) is 4.72. The first-order chi connectivity index (χ1) is 10.2. The number of hydrogen-bond acceptors (Lipinski definition) is 2. The third-order valence-corrected chi connectivity index (χ3v) is 3.53. The lowest BCUT2D eigenvalue weighted by atomic mass is 10.1.